The molecule has 0 spiro atoms. The van der Waals surface area contributed by atoms with Gasteiger partial charge in [-0.2, -0.15) is 0 Å². The molecule has 0 aliphatic carbocycles. The molecule has 0 saturated carbocycles. The number of halogens is 1. The Morgan fingerprint density at radius 2 is 1.90 bits per heavy atom. The predicted octanol–water partition coefficient (Wildman–Crippen LogP) is 3.89. The summed E-state index contributed by atoms with van der Waals surface area (Å²) in [5.41, 5.74) is 9.53. The van der Waals surface area contributed by atoms with E-state index in [0.717, 1.165) is 22.5 Å². The van der Waals surface area contributed by atoms with E-state index in [9.17, 15) is 0 Å². The van der Waals surface area contributed by atoms with Crippen molar-refractivity contribution in [2.24, 2.45) is 12.8 Å². The summed E-state index contributed by atoms with van der Waals surface area (Å²) >= 11 is 6.11. The van der Waals surface area contributed by atoms with E-state index in [4.69, 9.17) is 22.1 Å². The average molecular weight is 301 g/mol. The van der Waals surface area contributed by atoms with Crippen molar-refractivity contribution < 1.29 is 4.74 Å². The minimum absolute atomic E-state index is 0.295. The number of benzene rings is 2. The number of nitrogens with zero attached hydrogens (tertiary/aromatic N) is 1. The Morgan fingerprint density at radius 1 is 1.14 bits per heavy atom. The Bertz CT molecular complexity index is 795. The van der Waals surface area contributed by atoms with Crippen LogP contribution in [0.3, 0.4) is 0 Å². The minimum Gasteiger partial charge on any atom is -0.496 e. The lowest BCUT2D eigenvalue weighted by Gasteiger charge is -2.17. The predicted molar refractivity (Wildman–Crippen MR) is 87.0 cm³/mol. The highest BCUT2D eigenvalue weighted by atomic mass is 35.5. The molecular weight excluding hydrogens is 284 g/mol. The summed E-state index contributed by atoms with van der Waals surface area (Å²) in [5, 5.41) is 1.83. The van der Waals surface area contributed by atoms with Gasteiger partial charge in [-0.3, -0.25) is 0 Å². The van der Waals surface area contributed by atoms with Gasteiger partial charge >= 0.3 is 0 Å². The fourth-order valence-corrected chi connectivity index (χ4v) is 2.90. The molecule has 3 aromatic rings. The maximum atomic E-state index is 6.47. The Hall–Kier alpha value is -1.97. The number of rotatable bonds is 3. The van der Waals surface area contributed by atoms with Gasteiger partial charge in [-0.25, -0.2) is 0 Å². The van der Waals surface area contributed by atoms with Crippen molar-refractivity contribution in [3.63, 3.8) is 0 Å². The Kier molecular flexibility index (Phi) is 3.62. The lowest BCUT2D eigenvalue weighted by molar-refractivity contribution is 0.407. The molecule has 2 aromatic carbocycles. The first-order valence-corrected chi connectivity index (χ1v) is 7.13. The van der Waals surface area contributed by atoms with E-state index in [2.05, 4.69) is 22.8 Å². The molecule has 0 aliphatic rings. The zero-order valence-electron chi connectivity index (χ0n) is 12.0. The van der Waals surface area contributed by atoms with Crippen molar-refractivity contribution in [1.29, 1.82) is 0 Å². The summed E-state index contributed by atoms with van der Waals surface area (Å²) in [6, 6.07) is 15.5. The standard InChI is InChI=1S/C17H17ClN2O/c1-20-14-6-4-3-5-11(14)9-15(20)17(19)13-10-12(18)7-8-16(13)21-2/h3-10,17H,19H2,1-2H3. The van der Waals surface area contributed by atoms with Crippen molar-refractivity contribution in [3.05, 3.63) is 64.8 Å². The van der Waals surface area contributed by atoms with Crippen LogP contribution in [0.5, 0.6) is 5.75 Å². The molecule has 2 N–H and O–H groups in total. The van der Waals surface area contributed by atoms with Crippen LogP contribution in [0, 0.1) is 0 Å². The number of aryl methyl sites for hydroxylation is 1. The van der Waals surface area contributed by atoms with E-state index in [1.807, 2.05) is 31.3 Å². The van der Waals surface area contributed by atoms with Crippen LogP contribution in [-0.4, -0.2) is 11.7 Å². The van der Waals surface area contributed by atoms with Crippen molar-refractivity contribution in [2.45, 2.75) is 6.04 Å². The monoisotopic (exact) mass is 300 g/mol. The van der Waals surface area contributed by atoms with Gasteiger partial charge in [0.1, 0.15) is 5.75 Å². The first-order valence-electron chi connectivity index (χ1n) is 6.75. The van der Waals surface area contributed by atoms with Gasteiger partial charge in [0.15, 0.2) is 0 Å². The van der Waals surface area contributed by atoms with Gasteiger partial charge in [0.25, 0.3) is 0 Å². The number of hydrogen-bond acceptors (Lipinski definition) is 2. The molecule has 1 atom stereocenters. The van der Waals surface area contributed by atoms with Crippen molar-refractivity contribution in [1.82, 2.24) is 4.57 Å². The summed E-state index contributed by atoms with van der Waals surface area (Å²) in [6.45, 7) is 0. The van der Waals surface area contributed by atoms with Crippen LogP contribution in [0.2, 0.25) is 5.02 Å². The van der Waals surface area contributed by atoms with Crippen LogP contribution in [0.4, 0.5) is 0 Å². The third kappa shape index (κ3) is 2.39. The van der Waals surface area contributed by atoms with Crippen molar-refractivity contribution in [2.75, 3.05) is 7.11 Å². The first-order chi connectivity index (χ1) is 10.1. The summed E-state index contributed by atoms with van der Waals surface area (Å²) in [6.07, 6.45) is 0. The number of nitrogens with two attached hydrogens (primary N) is 1. The van der Waals surface area contributed by atoms with Gasteiger partial charge in [0.2, 0.25) is 0 Å². The maximum Gasteiger partial charge on any atom is 0.124 e. The number of aromatic nitrogens is 1. The molecule has 0 fully saturated rings. The highest BCUT2D eigenvalue weighted by molar-refractivity contribution is 6.30. The van der Waals surface area contributed by atoms with E-state index in [1.54, 1.807) is 13.2 Å². The summed E-state index contributed by atoms with van der Waals surface area (Å²) in [5.74, 6) is 0.747. The number of fused-ring (bicyclic) bond motifs is 1. The number of hydrogen-bond donors (Lipinski definition) is 1. The normalized spacial score (nSPS) is 12.6. The number of para-hydroxylation sites is 1. The van der Waals surface area contributed by atoms with Crippen molar-refractivity contribution >= 4 is 22.5 Å². The second-order valence-electron chi connectivity index (χ2n) is 5.05. The van der Waals surface area contributed by atoms with Crippen LogP contribution in [0.15, 0.2) is 48.5 Å². The van der Waals surface area contributed by atoms with E-state index in [0.29, 0.717) is 5.02 Å². The molecular formula is C17H17ClN2O. The molecule has 1 aromatic heterocycles. The minimum atomic E-state index is -0.295. The SMILES string of the molecule is COc1ccc(Cl)cc1C(N)c1cc2ccccc2n1C. The average Bonchev–Trinajstić information content (AvgIpc) is 2.84. The van der Waals surface area contributed by atoms with Crippen LogP contribution in [0.25, 0.3) is 10.9 Å². The molecule has 3 rings (SSSR count). The van der Waals surface area contributed by atoms with E-state index >= 15 is 0 Å². The molecule has 4 heteroatoms. The first kappa shape index (κ1) is 14.0. The summed E-state index contributed by atoms with van der Waals surface area (Å²) in [4.78, 5) is 0. The molecule has 0 saturated heterocycles. The highest BCUT2D eigenvalue weighted by Crippen LogP contribution is 2.32. The largest absolute Gasteiger partial charge is 0.496 e. The maximum absolute atomic E-state index is 6.47. The molecule has 0 radical (unpaired) electrons. The molecule has 21 heavy (non-hydrogen) atoms. The topological polar surface area (TPSA) is 40.2 Å². The molecule has 0 bridgehead atoms. The van der Waals surface area contributed by atoms with Crippen LogP contribution in [0.1, 0.15) is 17.3 Å². The van der Waals surface area contributed by atoms with Crippen molar-refractivity contribution in [3.8, 4) is 5.75 Å². The molecule has 1 heterocycles. The van der Waals surface area contributed by atoms with Gasteiger partial charge < -0.3 is 15.0 Å². The second kappa shape index (κ2) is 5.43. The Balaban J connectivity index is 2.14. The lowest BCUT2D eigenvalue weighted by Crippen LogP contribution is -2.16. The fraction of sp³-hybridized carbons (Fsp3) is 0.176. The molecule has 0 aliphatic heterocycles. The number of methoxy groups -OCH3 is 1. The van der Waals surface area contributed by atoms with Gasteiger partial charge in [-0.1, -0.05) is 29.8 Å². The second-order valence-corrected chi connectivity index (χ2v) is 5.49. The van der Waals surface area contributed by atoms with E-state index in [-0.39, 0.29) is 6.04 Å². The van der Waals surface area contributed by atoms with Gasteiger partial charge in [-0.05, 0) is 35.7 Å². The summed E-state index contributed by atoms with van der Waals surface area (Å²) in [7, 11) is 3.66. The van der Waals surface area contributed by atoms with Crippen LogP contribution >= 0.6 is 11.6 Å². The molecule has 108 valence electrons. The third-order valence-corrected chi connectivity index (χ3v) is 4.07. The smallest absolute Gasteiger partial charge is 0.124 e. The van der Waals surface area contributed by atoms with Gasteiger partial charge in [0, 0.05) is 28.8 Å². The third-order valence-electron chi connectivity index (χ3n) is 3.83. The Labute approximate surface area is 128 Å². The quantitative estimate of drug-likeness (QED) is 0.797. The molecule has 1 unspecified atom stereocenters. The fourth-order valence-electron chi connectivity index (χ4n) is 2.72. The van der Waals surface area contributed by atoms with Crippen LogP contribution in [-0.2, 0) is 7.05 Å². The number of ether oxygens (including phenoxy) is 1. The highest BCUT2D eigenvalue weighted by Gasteiger charge is 2.18. The van der Waals surface area contributed by atoms with Gasteiger partial charge in [-0.15, -0.1) is 0 Å². The lowest BCUT2D eigenvalue weighted by atomic mass is 10.0. The zero-order chi connectivity index (χ0) is 15.0. The van der Waals surface area contributed by atoms with E-state index < -0.39 is 0 Å². The van der Waals surface area contributed by atoms with Crippen LogP contribution < -0.4 is 10.5 Å². The van der Waals surface area contributed by atoms with Gasteiger partial charge in [0.05, 0.1) is 13.2 Å². The molecule has 3 nitrogen and oxygen atoms in total. The zero-order valence-corrected chi connectivity index (χ0v) is 12.8. The Morgan fingerprint density at radius 3 is 2.62 bits per heavy atom. The summed E-state index contributed by atoms with van der Waals surface area (Å²) < 4.78 is 7.52. The van der Waals surface area contributed by atoms with E-state index in [1.165, 1.54) is 5.39 Å². The molecule has 0 amide bonds.